The molecule has 0 unspecified atom stereocenters. The van der Waals surface area contributed by atoms with Crippen molar-refractivity contribution in [3.05, 3.63) is 47.9 Å². The number of carbonyl (C=O) groups excluding carboxylic acids is 1. The lowest BCUT2D eigenvalue weighted by Crippen LogP contribution is -2.04. The lowest BCUT2D eigenvalue weighted by atomic mass is 10.1. The van der Waals surface area contributed by atoms with Crippen molar-refractivity contribution in [2.75, 3.05) is 5.32 Å². The van der Waals surface area contributed by atoms with E-state index >= 15 is 0 Å². The van der Waals surface area contributed by atoms with Crippen molar-refractivity contribution in [2.45, 2.75) is 4.90 Å². The molecule has 3 N–H and O–H groups in total. The van der Waals surface area contributed by atoms with Crippen LogP contribution in [0.15, 0.2) is 41.7 Å². The molecule has 24 heavy (non-hydrogen) atoms. The standard InChI is InChI=1S/C15H10N4O4S/c20-15-10(9-2-1-4-16-13(9)19-15)6-8-7-18-14-12(8)11(3-5-17-14)24(21,22)23/h1-7H,(H,17,18)(H,16,19,20)(H,21,22,23). The number of nitrogens with zero attached hydrogens (tertiary/aromatic N) is 2. The van der Waals surface area contributed by atoms with Crippen LogP contribution in [0.2, 0.25) is 0 Å². The van der Waals surface area contributed by atoms with Crippen LogP contribution in [0.3, 0.4) is 0 Å². The van der Waals surface area contributed by atoms with Gasteiger partial charge in [-0.05, 0) is 24.3 Å². The minimum atomic E-state index is -4.43. The van der Waals surface area contributed by atoms with Crippen LogP contribution in [0.4, 0.5) is 5.82 Å². The summed E-state index contributed by atoms with van der Waals surface area (Å²) in [4.78, 5) is 22.8. The molecule has 0 atom stereocenters. The van der Waals surface area contributed by atoms with Crippen LogP contribution in [0.1, 0.15) is 11.1 Å². The average Bonchev–Trinajstić information content (AvgIpc) is 3.08. The van der Waals surface area contributed by atoms with Gasteiger partial charge in [-0.15, -0.1) is 0 Å². The van der Waals surface area contributed by atoms with Crippen molar-refractivity contribution in [3.8, 4) is 0 Å². The molecule has 8 nitrogen and oxygen atoms in total. The van der Waals surface area contributed by atoms with Gasteiger partial charge < -0.3 is 10.3 Å². The molecule has 0 aromatic carbocycles. The Morgan fingerprint density at radius 2 is 2.00 bits per heavy atom. The summed E-state index contributed by atoms with van der Waals surface area (Å²) in [6.45, 7) is 0. The van der Waals surface area contributed by atoms with E-state index in [-0.39, 0.29) is 16.2 Å². The fourth-order valence-electron chi connectivity index (χ4n) is 2.70. The lowest BCUT2D eigenvalue weighted by molar-refractivity contribution is -0.110. The topological polar surface area (TPSA) is 125 Å². The number of pyridine rings is 2. The van der Waals surface area contributed by atoms with Crippen LogP contribution in [0.5, 0.6) is 0 Å². The van der Waals surface area contributed by atoms with E-state index in [0.29, 0.717) is 28.2 Å². The van der Waals surface area contributed by atoms with Gasteiger partial charge in [-0.2, -0.15) is 8.42 Å². The summed E-state index contributed by atoms with van der Waals surface area (Å²) < 4.78 is 32.6. The Bertz CT molecular complexity index is 1130. The molecule has 0 spiro atoms. The first-order valence-corrected chi connectivity index (χ1v) is 8.31. The molecule has 0 saturated carbocycles. The van der Waals surface area contributed by atoms with Gasteiger partial charge in [-0.25, -0.2) is 9.97 Å². The quantitative estimate of drug-likeness (QED) is 0.481. The first-order chi connectivity index (χ1) is 11.4. The molecule has 3 aromatic rings. The van der Waals surface area contributed by atoms with Crippen molar-refractivity contribution in [2.24, 2.45) is 0 Å². The van der Waals surface area contributed by atoms with Gasteiger partial charge in [0.25, 0.3) is 16.0 Å². The van der Waals surface area contributed by atoms with Crippen molar-refractivity contribution < 1.29 is 17.8 Å². The van der Waals surface area contributed by atoms with E-state index in [4.69, 9.17) is 0 Å². The summed E-state index contributed by atoms with van der Waals surface area (Å²) in [6, 6.07) is 4.65. The number of aromatic nitrogens is 3. The van der Waals surface area contributed by atoms with E-state index < -0.39 is 10.1 Å². The fraction of sp³-hybridized carbons (Fsp3) is 0. The van der Waals surface area contributed by atoms with Crippen molar-refractivity contribution in [1.82, 2.24) is 15.0 Å². The number of H-pyrrole nitrogens is 1. The van der Waals surface area contributed by atoms with Crippen LogP contribution in [-0.4, -0.2) is 33.8 Å². The SMILES string of the molecule is O=C1Nc2ncccc2C1=Cc1c[nH]c2nccc(S(=O)(=O)O)c12. The molecule has 1 aliphatic rings. The summed E-state index contributed by atoms with van der Waals surface area (Å²) in [5.74, 6) is 0.108. The predicted molar refractivity (Wildman–Crippen MR) is 86.6 cm³/mol. The molecule has 0 fully saturated rings. The van der Waals surface area contributed by atoms with Crippen LogP contribution < -0.4 is 5.32 Å². The first-order valence-electron chi connectivity index (χ1n) is 6.87. The van der Waals surface area contributed by atoms with Gasteiger partial charge in [0.1, 0.15) is 16.4 Å². The molecule has 4 rings (SSSR count). The second-order valence-corrected chi connectivity index (χ2v) is 6.55. The van der Waals surface area contributed by atoms with Gasteiger partial charge in [0.2, 0.25) is 0 Å². The van der Waals surface area contributed by atoms with Crippen LogP contribution in [0.25, 0.3) is 22.7 Å². The van der Waals surface area contributed by atoms with Gasteiger partial charge in [0.05, 0.1) is 5.57 Å². The Hall–Kier alpha value is -3.04. The fourth-order valence-corrected chi connectivity index (χ4v) is 3.40. The third-order valence-electron chi connectivity index (χ3n) is 3.72. The zero-order valence-corrected chi connectivity index (χ0v) is 12.8. The molecule has 0 saturated heterocycles. The number of amides is 1. The molecule has 3 aromatic heterocycles. The number of hydrogen-bond donors (Lipinski definition) is 3. The van der Waals surface area contributed by atoms with E-state index in [0.717, 1.165) is 0 Å². The van der Waals surface area contributed by atoms with Crippen molar-refractivity contribution >= 4 is 44.5 Å². The van der Waals surface area contributed by atoms with Crippen LogP contribution in [0, 0.1) is 0 Å². The largest absolute Gasteiger partial charge is 0.345 e. The number of anilines is 1. The molecule has 9 heteroatoms. The molecule has 1 amide bonds. The minimum absolute atomic E-state index is 0.220. The highest BCUT2D eigenvalue weighted by Crippen LogP contribution is 2.33. The second-order valence-electron chi connectivity index (χ2n) is 5.16. The van der Waals surface area contributed by atoms with Crippen LogP contribution >= 0.6 is 0 Å². The maximum absolute atomic E-state index is 12.2. The monoisotopic (exact) mass is 342 g/mol. The minimum Gasteiger partial charge on any atom is -0.345 e. The maximum Gasteiger partial charge on any atom is 0.295 e. The number of rotatable bonds is 2. The van der Waals surface area contributed by atoms with Gasteiger partial charge in [0, 0.05) is 35.1 Å². The van der Waals surface area contributed by atoms with E-state index in [1.54, 1.807) is 18.3 Å². The Balaban J connectivity index is 1.98. The van der Waals surface area contributed by atoms with Gasteiger partial charge in [-0.1, -0.05) is 0 Å². The van der Waals surface area contributed by atoms with E-state index in [1.165, 1.54) is 24.5 Å². The van der Waals surface area contributed by atoms with E-state index in [9.17, 15) is 17.8 Å². The van der Waals surface area contributed by atoms with Gasteiger partial charge >= 0.3 is 0 Å². The summed E-state index contributed by atoms with van der Waals surface area (Å²) in [5, 5.41) is 2.86. The Morgan fingerprint density at radius 1 is 1.17 bits per heavy atom. The molecule has 4 heterocycles. The Morgan fingerprint density at radius 3 is 2.79 bits per heavy atom. The molecular formula is C15H10N4O4S. The summed E-state index contributed by atoms with van der Waals surface area (Å²) in [6.07, 6.45) is 5.91. The number of nitrogens with one attached hydrogen (secondary N) is 2. The summed E-state index contributed by atoms with van der Waals surface area (Å²) in [5.41, 5.74) is 1.69. The average molecular weight is 342 g/mol. The highest BCUT2D eigenvalue weighted by molar-refractivity contribution is 7.86. The maximum atomic E-state index is 12.2. The highest BCUT2D eigenvalue weighted by Gasteiger charge is 2.26. The third kappa shape index (κ3) is 2.18. The molecule has 1 aliphatic heterocycles. The van der Waals surface area contributed by atoms with E-state index in [1.807, 2.05) is 0 Å². The van der Waals surface area contributed by atoms with E-state index in [2.05, 4.69) is 20.3 Å². The van der Waals surface area contributed by atoms with Crippen molar-refractivity contribution in [1.29, 1.82) is 0 Å². The zero-order valence-electron chi connectivity index (χ0n) is 12.0. The number of carbonyl (C=O) groups is 1. The second kappa shape index (κ2) is 4.98. The zero-order chi connectivity index (χ0) is 16.9. The number of fused-ring (bicyclic) bond motifs is 2. The van der Waals surface area contributed by atoms with Crippen molar-refractivity contribution in [3.63, 3.8) is 0 Å². The van der Waals surface area contributed by atoms with Crippen LogP contribution in [-0.2, 0) is 14.9 Å². The highest BCUT2D eigenvalue weighted by atomic mass is 32.2. The predicted octanol–water partition coefficient (Wildman–Crippen LogP) is 1.70. The molecule has 120 valence electrons. The molecular weight excluding hydrogens is 332 g/mol. The summed E-state index contributed by atoms with van der Waals surface area (Å²) >= 11 is 0. The molecule has 0 radical (unpaired) electrons. The normalized spacial score (nSPS) is 15.7. The Labute approximate surface area is 136 Å². The number of hydrogen-bond acceptors (Lipinski definition) is 5. The molecule has 0 aliphatic carbocycles. The first kappa shape index (κ1) is 14.5. The molecule has 0 bridgehead atoms. The third-order valence-corrected chi connectivity index (χ3v) is 4.61. The Kier molecular flexibility index (Phi) is 3.02. The number of aromatic amines is 1. The summed E-state index contributed by atoms with van der Waals surface area (Å²) in [7, 11) is -4.43. The lowest BCUT2D eigenvalue weighted by Gasteiger charge is -2.01. The van der Waals surface area contributed by atoms with Gasteiger partial charge in [0.15, 0.2) is 0 Å². The smallest absolute Gasteiger partial charge is 0.295 e. The van der Waals surface area contributed by atoms with Gasteiger partial charge in [-0.3, -0.25) is 9.35 Å².